The Balaban J connectivity index is 1.77. The van der Waals surface area contributed by atoms with Crippen molar-refractivity contribution in [3.05, 3.63) is 62.0 Å². The smallest absolute Gasteiger partial charge is 0.0489 e. The molecule has 0 heterocycles. The van der Waals surface area contributed by atoms with Crippen molar-refractivity contribution in [1.29, 1.82) is 0 Å². The summed E-state index contributed by atoms with van der Waals surface area (Å²) < 4.78 is 2.37. The van der Waals surface area contributed by atoms with Crippen LogP contribution in [0.2, 0.25) is 0 Å². The minimum absolute atomic E-state index is 0.516. The zero-order valence-electron chi connectivity index (χ0n) is 11.4. The van der Waals surface area contributed by atoms with Crippen LogP contribution in [0, 0.1) is 6.92 Å². The molecule has 1 aliphatic rings. The van der Waals surface area contributed by atoms with Crippen molar-refractivity contribution < 1.29 is 0 Å². The van der Waals surface area contributed by atoms with Crippen molar-refractivity contribution in [2.75, 3.05) is 5.32 Å². The first-order valence-electron chi connectivity index (χ1n) is 6.92. The highest BCUT2D eigenvalue weighted by molar-refractivity contribution is 9.11. The zero-order chi connectivity index (χ0) is 14.1. The van der Waals surface area contributed by atoms with Crippen LogP contribution < -0.4 is 5.32 Å². The molecule has 0 radical (unpaired) electrons. The molecule has 1 unspecified atom stereocenters. The molecule has 0 spiro atoms. The van der Waals surface area contributed by atoms with Crippen molar-refractivity contribution in [2.24, 2.45) is 0 Å². The van der Waals surface area contributed by atoms with E-state index in [1.807, 2.05) is 0 Å². The number of aryl methyl sites for hydroxylation is 2. The van der Waals surface area contributed by atoms with E-state index in [0.29, 0.717) is 6.04 Å². The molecule has 0 saturated heterocycles. The van der Waals surface area contributed by atoms with Gasteiger partial charge in [0.2, 0.25) is 0 Å². The highest BCUT2D eigenvalue weighted by atomic mass is 79.9. The molecular weight excluding hydrogens is 378 g/mol. The second kappa shape index (κ2) is 5.90. The molecule has 3 rings (SSSR count). The van der Waals surface area contributed by atoms with Crippen molar-refractivity contribution in [1.82, 2.24) is 0 Å². The fourth-order valence-corrected chi connectivity index (χ4v) is 3.61. The van der Waals surface area contributed by atoms with E-state index in [9.17, 15) is 0 Å². The van der Waals surface area contributed by atoms with Gasteiger partial charge in [0.05, 0.1) is 0 Å². The highest BCUT2D eigenvalue weighted by Crippen LogP contribution is 2.30. The largest absolute Gasteiger partial charge is 0.381 e. The summed E-state index contributed by atoms with van der Waals surface area (Å²) in [4.78, 5) is 0. The third-order valence-electron chi connectivity index (χ3n) is 3.95. The predicted molar refractivity (Wildman–Crippen MR) is 92.5 cm³/mol. The fourth-order valence-electron chi connectivity index (χ4n) is 2.83. The maximum Gasteiger partial charge on any atom is 0.0489 e. The van der Waals surface area contributed by atoms with Gasteiger partial charge in [-0.15, -0.1) is 0 Å². The lowest BCUT2D eigenvalue weighted by atomic mass is 9.88. The van der Waals surface area contributed by atoms with E-state index < -0.39 is 0 Å². The number of hydrogen-bond donors (Lipinski definition) is 1. The number of fused-ring (bicyclic) bond motifs is 1. The number of hydrogen-bond acceptors (Lipinski definition) is 1. The summed E-state index contributed by atoms with van der Waals surface area (Å²) in [6.45, 7) is 2.13. The molecule has 20 heavy (non-hydrogen) atoms. The van der Waals surface area contributed by atoms with Crippen LogP contribution in [0.3, 0.4) is 0 Å². The maximum absolute atomic E-state index is 3.69. The molecule has 2 aromatic rings. The minimum atomic E-state index is 0.516. The first-order valence-corrected chi connectivity index (χ1v) is 8.51. The fraction of sp³-hybridized carbons (Fsp3) is 0.294. The molecule has 0 aromatic heterocycles. The molecule has 1 nitrogen and oxygen atoms in total. The van der Waals surface area contributed by atoms with E-state index in [1.165, 1.54) is 37.7 Å². The summed E-state index contributed by atoms with van der Waals surface area (Å²) in [5.41, 5.74) is 5.44. The Morgan fingerprint density at radius 1 is 1.10 bits per heavy atom. The van der Waals surface area contributed by atoms with Gasteiger partial charge < -0.3 is 5.32 Å². The monoisotopic (exact) mass is 393 g/mol. The number of rotatable bonds is 2. The van der Waals surface area contributed by atoms with E-state index in [-0.39, 0.29) is 0 Å². The predicted octanol–water partition coefficient (Wildman–Crippen LogP) is 5.49. The number of benzene rings is 2. The average Bonchev–Trinajstić information content (AvgIpc) is 2.44. The molecule has 0 fully saturated rings. The van der Waals surface area contributed by atoms with Crippen LogP contribution in [0.15, 0.2) is 45.3 Å². The van der Waals surface area contributed by atoms with E-state index >= 15 is 0 Å². The highest BCUT2D eigenvalue weighted by Gasteiger charge is 2.19. The van der Waals surface area contributed by atoms with Gasteiger partial charge in [0.1, 0.15) is 0 Å². The molecule has 3 heteroatoms. The van der Waals surface area contributed by atoms with Gasteiger partial charge in [0.25, 0.3) is 0 Å². The van der Waals surface area contributed by atoms with Crippen LogP contribution in [-0.4, -0.2) is 6.04 Å². The Labute approximate surface area is 137 Å². The third-order valence-corrected chi connectivity index (χ3v) is 5.49. The van der Waals surface area contributed by atoms with E-state index in [4.69, 9.17) is 0 Å². The van der Waals surface area contributed by atoms with E-state index in [2.05, 4.69) is 80.5 Å². The Morgan fingerprint density at radius 2 is 1.95 bits per heavy atom. The lowest BCUT2D eigenvalue weighted by Crippen LogP contribution is -2.27. The Morgan fingerprint density at radius 3 is 2.80 bits per heavy atom. The second-order valence-electron chi connectivity index (χ2n) is 5.43. The molecule has 104 valence electrons. The van der Waals surface area contributed by atoms with Gasteiger partial charge in [-0.2, -0.15) is 0 Å². The Hall–Kier alpha value is -0.800. The molecule has 0 bridgehead atoms. The number of nitrogens with one attached hydrogen (secondary N) is 1. The van der Waals surface area contributed by atoms with Crippen LogP contribution in [-0.2, 0) is 12.8 Å². The quantitative estimate of drug-likeness (QED) is 0.709. The van der Waals surface area contributed by atoms with Gasteiger partial charge in [-0.3, -0.25) is 0 Å². The molecule has 0 saturated carbocycles. The first kappa shape index (κ1) is 14.2. The van der Waals surface area contributed by atoms with Crippen LogP contribution >= 0.6 is 31.9 Å². The van der Waals surface area contributed by atoms with Gasteiger partial charge in [-0.25, -0.2) is 0 Å². The van der Waals surface area contributed by atoms with E-state index in [1.54, 1.807) is 0 Å². The molecule has 1 atom stereocenters. The average molecular weight is 395 g/mol. The number of halogens is 2. The van der Waals surface area contributed by atoms with Crippen molar-refractivity contribution >= 4 is 37.5 Å². The van der Waals surface area contributed by atoms with Crippen molar-refractivity contribution in [3.63, 3.8) is 0 Å². The van der Waals surface area contributed by atoms with Gasteiger partial charge in [-0.1, -0.05) is 34.1 Å². The van der Waals surface area contributed by atoms with Gasteiger partial charge in [-0.05, 0) is 77.0 Å². The standard InChI is InChI=1S/C17H17Br2N/c1-11-3-2-4-16(17(11)19)20-15-8-6-12-9-14(18)7-5-13(12)10-15/h2-5,7,9,15,20H,6,8,10H2,1H3. The molecule has 0 aliphatic heterocycles. The normalized spacial score (nSPS) is 17.6. The molecule has 1 N–H and O–H groups in total. The summed E-state index contributed by atoms with van der Waals surface area (Å²) in [5.74, 6) is 0. The molecule has 1 aliphatic carbocycles. The Kier molecular flexibility index (Phi) is 4.18. The van der Waals surface area contributed by atoms with Gasteiger partial charge in [0.15, 0.2) is 0 Å². The topological polar surface area (TPSA) is 12.0 Å². The van der Waals surface area contributed by atoms with Crippen molar-refractivity contribution in [2.45, 2.75) is 32.2 Å². The van der Waals surface area contributed by atoms with E-state index in [0.717, 1.165) is 12.8 Å². The zero-order valence-corrected chi connectivity index (χ0v) is 14.6. The molecule has 2 aromatic carbocycles. The summed E-state index contributed by atoms with van der Waals surface area (Å²) in [5, 5.41) is 3.69. The third kappa shape index (κ3) is 2.94. The molecule has 0 amide bonds. The van der Waals surface area contributed by atoms with Crippen LogP contribution in [0.5, 0.6) is 0 Å². The van der Waals surface area contributed by atoms with Crippen LogP contribution in [0.1, 0.15) is 23.1 Å². The SMILES string of the molecule is Cc1cccc(NC2CCc3cc(Br)ccc3C2)c1Br. The Bertz CT molecular complexity index is 637. The summed E-state index contributed by atoms with van der Waals surface area (Å²) in [6.07, 6.45) is 3.43. The minimum Gasteiger partial charge on any atom is -0.381 e. The van der Waals surface area contributed by atoms with Crippen LogP contribution in [0.4, 0.5) is 5.69 Å². The summed E-state index contributed by atoms with van der Waals surface area (Å²) >= 11 is 7.23. The first-order chi connectivity index (χ1) is 9.63. The number of anilines is 1. The summed E-state index contributed by atoms with van der Waals surface area (Å²) in [7, 11) is 0. The summed E-state index contributed by atoms with van der Waals surface area (Å²) in [6, 6.07) is 13.5. The van der Waals surface area contributed by atoms with Gasteiger partial charge in [0, 0.05) is 20.7 Å². The van der Waals surface area contributed by atoms with Crippen LogP contribution in [0.25, 0.3) is 0 Å². The second-order valence-corrected chi connectivity index (χ2v) is 7.14. The lowest BCUT2D eigenvalue weighted by Gasteiger charge is -2.27. The molecular formula is C17H17Br2N. The van der Waals surface area contributed by atoms with Gasteiger partial charge >= 0.3 is 0 Å². The lowest BCUT2D eigenvalue weighted by molar-refractivity contribution is 0.610. The van der Waals surface area contributed by atoms with Crippen molar-refractivity contribution in [3.8, 4) is 0 Å². The maximum atomic E-state index is 3.69.